The third kappa shape index (κ3) is 4.29. The van der Waals surface area contributed by atoms with E-state index in [1.807, 2.05) is 30.3 Å². The highest BCUT2D eigenvalue weighted by molar-refractivity contribution is 5.67. The number of carbonyl (C=O) groups is 1. The van der Waals surface area contributed by atoms with Crippen LogP contribution < -0.4 is 4.90 Å². The first-order valence-electron chi connectivity index (χ1n) is 8.83. The zero-order valence-electron chi connectivity index (χ0n) is 14.3. The number of rotatable bonds is 4. The van der Waals surface area contributed by atoms with Crippen LogP contribution in [0.1, 0.15) is 25.7 Å². The van der Waals surface area contributed by atoms with E-state index >= 15 is 0 Å². The molecule has 0 bridgehead atoms. The number of para-hydroxylation sites is 1. The van der Waals surface area contributed by atoms with Crippen molar-refractivity contribution < 1.29 is 23.1 Å². The first-order valence-corrected chi connectivity index (χ1v) is 8.83. The molecular weight excluding hydrogens is 343 g/mol. The van der Waals surface area contributed by atoms with E-state index in [4.69, 9.17) is 5.11 Å². The van der Waals surface area contributed by atoms with Gasteiger partial charge in [-0.15, -0.1) is 0 Å². The molecule has 0 amide bonds. The summed E-state index contributed by atoms with van der Waals surface area (Å²) in [6.45, 7) is 0.715. The number of benzene rings is 1. The predicted octanol–water partition coefficient (Wildman–Crippen LogP) is 4.81. The van der Waals surface area contributed by atoms with Gasteiger partial charge < -0.3 is 10.0 Å². The molecule has 0 radical (unpaired) electrons. The molecule has 3 atom stereocenters. The number of hydrogen-bond donors (Lipinski definition) is 1. The molecule has 1 fully saturated rings. The van der Waals surface area contributed by atoms with Gasteiger partial charge in [-0.2, -0.15) is 13.2 Å². The molecule has 1 N–H and O–H groups in total. The SMILES string of the molecule is O=C(O)C[C@H]1CCN(c2ccccc2)[C@@H](C2C=CC(C(F)(F)F)=CC2)C1. The number of carboxylic acid groups (broad SMARTS) is 1. The van der Waals surface area contributed by atoms with Gasteiger partial charge in [-0.3, -0.25) is 4.79 Å². The van der Waals surface area contributed by atoms with Crippen molar-refractivity contribution in [2.45, 2.75) is 37.9 Å². The van der Waals surface area contributed by atoms with Crippen molar-refractivity contribution >= 4 is 11.7 Å². The molecule has 6 heteroatoms. The molecule has 1 heterocycles. The van der Waals surface area contributed by atoms with Gasteiger partial charge in [0.2, 0.25) is 0 Å². The maximum atomic E-state index is 12.9. The monoisotopic (exact) mass is 365 g/mol. The summed E-state index contributed by atoms with van der Waals surface area (Å²) in [6, 6.07) is 9.79. The molecule has 0 saturated carbocycles. The Morgan fingerprint density at radius 3 is 2.54 bits per heavy atom. The van der Waals surface area contributed by atoms with Crippen LogP contribution in [-0.4, -0.2) is 29.8 Å². The lowest BCUT2D eigenvalue weighted by Crippen LogP contribution is -2.47. The van der Waals surface area contributed by atoms with Gasteiger partial charge in [0.15, 0.2) is 0 Å². The number of aliphatic carboxylic acids is 1. The van der Waals surface area contributed by atoms with E-state index in [2.05, 4.69) is 4.90 Å². The van der Waals surface area contributed by atoms with E-state index in [9.17, 15) is 18.0 Å². The Bertz CT molecular complexity index is 697. The molecule has 0 spiro atoms. The van der Waals surface area contributed by atoms with Crippen LogP contribution in [0, 0.1) is 11.8 Å². The highest BCUT2D eigenvalue weighted by Gasteiger charge is 2.37. The van der Waals surface area contributed by atoms with Gasteiger partial charge in [0.05, 0.1) is 5.57 Å². The zero-order valence-corrected chi connectivity index (χ0v) is 14.3. The van der Waals surface area contributed by atoms with Gasteiger partial charge in [-0.05, 0) is 37.3 Å². The fraction of sp³-hybridized carbons (Fsp3) is 0.450. The number of carboxylic acids is 1. The average molecular weight is 365 g/mol. The van der Waals surface area contributed by atoms with Gasteiger partial charge >= 0.3 is 12.1 Å². The van der Waals surface area contributed by atoms with Gasteiger partial charge in [0.25, 0.3) is 0 Å². The molecule has 1 unspecified atom stereocenters. The lowest BCUT2D eigenvalue weighted by molar-refractivity contribution is -0.138. The van der Waals surface area contributed by atoms with Crippen LogP contribution in [0.25, 0.3) is 0 Å². The highest BCUT2D eigenvalue weighted by Crippen LogP contribution is 2.38. The third-order valence-corrected chi connectivity index (χ3v) is 5.26. The van der Waals surface area contributed by atoms with Crippen molar-refractivity contribution in [1.29, 1.82) is 0 Å². The second-order valence-electron chi connectivity index (χ2n) is 7.00. The van der Waals surface area contributed by atoms with Gasteiger partial charge in [-0.1, -0.05) is 36.4 Å². The van der Waals surface area contributed by atoms with E-state index in [0.717, 1.165) is 18.2 Å². The molecule has 2 aliphatic rings. The quantitative estimate of drug-likeness (QED) is 0.832. The Hall–Kier alpha value is -2.24. The predicted molar refractivity (Wildman–Crippen MR) is 93.9 cm³/mol. The van der Waals surface area contributed by atoms with Crippen LogP contribution in [0.5, 0.6) is 0 Å². The first-order chi connectivity index (χ1) is 12.3. The summed E-state index contributed by atoms with van der Waals surface area (Å²) in [5.74, 6) is -0.822. The maximum Gasteiger partial charge on any atom is 0.416 e. The number of halogens is 3. The zero-order chi connectivity index (χ0) is 18.7. The van der Waals surface area contributed by atoms with E-state index in [1.165, 1.54) is 6.08 Å². The Labute approximate surface area is 150 Å². The van der Waals surface area contributed by atoms with Crippen molar-refractivity contribution in [1.82, 2.24) is 0 Å². The van der Waals surface area contributed by atoms with E-state index < -0.39 is 17.7 Å². The summed E-state index contributed by atoms with van der Waals surface area (Å²) in [7, 11) is 0. The topological polar surface area (TPSA) is 40.5 Å². The fourth-order valence-corrected chi connectivity index (χ4v) is 3.98. The van der Waals surface area contributed by atoms with Crippen molar-refractivity contribution in [3.63, 3.8) is 0 Å². The Morgan fingerprint density at radius 1 is 1.23 bits per heavy atom. The number of allylic oxidation sites excluding steroid dienone is 3. The van der Waals surface area contributed by atoms with Gasteiger partial charge in [0, 0.05) is 30.6 Å². The standard InChI is InChI=1S/C20H22F3NO2/c21-20(22,23)16-8-6-15(7-9-16)18-12-14(13-19(25)26)10-11-24(18)17-4-2-1-3-5-17/h1-6,8-9,14-15,18H,7,10-13H2,(H,25,26)/t14-,15?,18+/m0/s1. The minimum Gasteiger partial charge on any atom is -0.481 e. The third-order valence-electron chi connectivity index (χ3n) is 5.26. The number of piperidine rings is 1. The molecular formula is C20H22F3NO2. The van der Waals surface area contributed by atoms with Crippen molar-refractivity contribution in [3.05, 3.63) is 54.1 Å². The minimum absolute atomic E-state index is 0.00205. The number of alkyl halides is 3. The molecule has 140 valence electrons. The van der Waals surface area contributed by atoms with Gasteiger partial charge in [0.1, 0.15) is 0 Å². The van der Waals surface area contributed by atoms with Crippen molar-refractivity contribution in [2.24, 2.45) is 11.8 Å². The summed E-state index contributed by atoms with van der Waals surface area (Å²) >= 11 is 0. The minimum atomic E-state index is -4.32. The molecule has 3 rings (SSSR count). The maximum absolute atomic E-state index is 12.9. The molecule has 3 nitrogen and oxygen atoms in total. The Morgan fingerprint density at radius 2 is 1.96 bits per heavy atom. The van der Waals surface area contributed by atoms with Crippen LogP contribution >= 0.6 is 0 Å². The summed E-state index contributed by atoms with van der Waals surface area (Å²) in [6.07, 6.45) is 1.62. The molecule has 26 heavy (non-hydrogen) atoms. The van der Waals surface area contributed by atoms with E-state index in [0.29, 0.717) is 19.4 Å². The van der Waals surface area contributed by atoms with Crippen LogP contribution in [0.2, 0.25) is 0 Å². The summed E-state index contributed by atoms with van der Waals surface area (Å²) in [5, 5.41) is 9.11. The van der Waals surface area contributed by atoms with Crippen molar-refractivity contribution in [3.8, 4) is 0 Å². The molecule has 0 aromatic heterocycles. The second-order valence-corrected chi connectivity index (χ2v) is 7.00. The van der Waals surface area contributed by atoms with Crippen LogP contribution in [0.15, 0.2) is 54.1 Å². The Kier molecular flexibility index (Phi) is 5.39. The normalized spacial score (nSPS) is 26.5. The van der Waals surface area contributed by atoms with Crippen LogP contribution in [0.4, 0.5) is 18.9 Å². The fourth-order valence-electron chi connectivity index (χ4n) is 3.98. The first kappa shape index (κ1) is 18.5. The van der Waals surface area contributed by atoms with Crippen LogP contribution in [0.3, 0.4) is 0 Å². The highest BCUT2D eigenvalue weighted by atomic mass is 19.4. The van der Waals surface area contributed by atoms with E-state index in [1.54, 1.807) is 6.08 Å². The summed E-state index contributed by atoms with van der Waals surface area (Å²) in [4.78, 5) is 13.3. The Balaban J connectivity index is 1.80. The van der Waals surface area contributed by atoms with Crippen molar-refractivity contribution in [2.75, 3.05) is 11.4 Å². The largest absolute Gasteiger partial charge is 0.481 e. The molecule has 1 aromatic rings. The smallest absolute Gasteiger partial charge is 0.416 e. The number of anilines is 1. The number of nitrogens with zero attached hydrogens (tertiary/aromatic N) is 1. The lowest BCUT2D eigenvalue weighted by Gasteiger charge is -2.44. The molecule has 1 aliphatic heterocycles. The average Bonchev–Trinajstić information content (AvgIpc) is 2.61. The molecule has 1 saturated heterocycles. The second kappa shape index (κ2) is 7.56. The number of hydrogen-bond acceptors (Lipinski definition) is 2. The summed E-state index contributed by atoms with van der Waals surface area (Å²) in [5.41, 5.74) is 0.433. The van der Waals surface area contributed by atoms with Crippen LogP contribution in [-0.2, 0) is 4.79 Å². The molecule has 1 aromatic carbocycles. The summed E-state index contributed by atoms with van der Waals surface area (Å²) < 4.78 is 38.6. The van der Waals surface area contributed by atoms with E-state index in [-0.39, 0.29) is 24.3 Å². The van der Waals surface area contributed by atoms with Gasteiger partial charge in [-0.25, -0.2) is 0 Å². The lowest BCUT2D eigenvalue weighted by atomic mass is 9.79. The molecule has 1 aliphatic carbocycles.